The summed E-state index contributed by atoms with van der Waals surface area (Å²) in [4.78, 5) is 22.0. The topological polar surface area (TPSA) is 52.6 Å². The molecule has 0 amide bonds. The molecule has 0 unspecified atom stereocenters. The maximum absolute atomic E-state index is 12.1. The predicted octanol–water partition coefficient (Wildman–Crippen LogP) is 9.38. The van der Waals surface area contributed by atoms with Crippen LogP contribution in [0.2, 0.25) is 0 Å². The van der Waals surface area contributed by atoms with Crippen LogP contribution in [0.3, 0.4) is 0 Å². The Labute approximate surface area is 217 Å². The third-order valence-electron chi connectivity index (χ3n) is 4.01. The second-order valence-corrected chi connectivity index (χ2v) is 10.6. The molecule has 0 radical (unpaired) electrons. The first-order valence-electron chi connectivity index (χ1n) is 12.2. The van der Waals surface area contributed by atoms with Crippen molar-refractivity contribution in [1.29, 1.82) is 0 Å². The summed E-state index contributed by atoms with van der Waals surface area (Å²) in [5, 5.41) is 0. The van der Waals surface area contributed by atoms with Crippen LogP contribution < -0.4 is 0 Å². The van der Waals surface area contributed by atoms with E-state index in [0.29, 0.717) is 18.0 Å². The Morgan fingerprint density at radius 1 is 0.743 bits per heavy atom. The van der Waals surface area contributed by atoms with E-state index in [9.17, 15) is 9.59 Å². The van der Waals surface area contributed by atoms with Crippen LogP contribution >= 0.6 is 0 Å². The maximum Gasteiger partial charge on any atom is 0.317 e. The number of hydrogen-bond acceptors (Lipinski definition) is 4. The van der Waals surface area contributed by atoms with E-state index in [0.717, 1.165) is 11.8 Å². The van der Waals surface area contributed by atoms with E-state index >= 15 is 0 Å². The van der Waals surface area contributed by atoms with Gasteiger partial charge in [0.25, 0.3) is 6.47 Å². The lowest BCUT2D eigenvalue weighted by molar-refractivity contribution is -0.155. The summed E-state index contributed by atoms with van der Waals surface area (Å²) in [6, 6.07) is 0. The van der Waals surface area contributed by atoms with E-state index in [1.807, 2.05) is 54.5 Å². The number of carbonyl (C=O) groups excluding carboxylic acids is 2. The third kappa shape index (κ3) is 27.5. The van der Waals surface area contributed by atoms with Crippen LogP contribution in [0, 0.1) is 22.7 Å². The van der Waals surface area contributed by atoms with E-state index in [-0.39, 0.29) is 11.4 Å². The Morgan fingerprint density at radius 2 is 1.09 bits per heavy atom. The molecule has 202 valence electrons. The van der Waals surface area contributed by atoms with Crippen molar-refractivity contribution in [2.75, 3.05) is 0 Å². The molecule has 35 heavy (non-hydrogen) atoms. The smallest absolute Gasteiger partial charge is 0.317 e. The summed E-state index contributed by atoms with van der Waals surface area (Å²) in [7, 11) is 0. The van der Waals surface area contributed by atoms with E-state index in [1.54, 1.807) is 42.5 Å². The largest absolute Gasteiger partial charge is 0.429 e. The Balaban J connectivity index is -0.000000224. The van der Waals surface area contributed by atoms with Crippen molar-refractivity contribution in [2.24, 2.45) is 22.7 Å². The zero-order chi connectivity index (χ0) is 28.7. The molecule has 0 fully saturated rings. The highest BCUT2D eigenvalue weighted by molar-refractivity contribution is 5.78. The first-order chi connectivity index (χ1) is 16.0. The van der Waals surface area contributed by atoms with E-state index in [1.165, 1.54) is 0 Å². The second-order valence-electron chi connectivity index (χ2n) is 10.6. The average Bonchev–Trinajstić information content (AvgIpc) is 2.68. The number of carbonyl (C=O) groups is 2. The Morgan fingerprint density at radius 3 is 1.37 bits per heavy atom. The molecule has 4 nitrogen and oxygen atoms in total. The van der Waals surface area contributed by atoms with Crippen molar-refractivity contribution in [1.82, 2.24) is 0 Å². The van der Waals surface area contributed by atoms with Crippen molar-refractivity contribution in [3.05, 3.63) is 73.3 Å². The van der Waals surface area contributed by atoms with Crippen LogP contribution in [0.5, 0.6) is 0 Å². The number of hydrogen-bond donors (Lipinski definition) is 0. The lowest BCUT2D eigenvalue weighted by atomic mass is 9.69. The van der Waals surface area contributed by atoms with E-state index in [4.69, 9.17) is 4.74 Å². The molecule has 0 rings (SSSR count). The van der Waals surface area contributed by atoms with Gasteiger partial charge in [-0.15, -0.1) is 0 Å². The van der Waals surface area contributed by atoms with Crippen LogP contribution in [-0.4, -0.2) is 12.4 Å². The highest BCUT2D eigenvalue weighted by Gasteiger charge is 2.41. The molecule has 0 aliphatic carbocycles. The fraction of sp³-hybridized carbons (Fsp3) is 0.548. The van der Waals surface area contributed by atoms with Gasteiger partial charge in [-0.3, -0.25) is 9.59 Å². The molecule has 0 aromatic rings. The van der Waals surface area contributed by atoms with Gasteiger partial charge in [0.05, 0.1) is 5.41 Å². The van der Waals surface area contributed by atoms with Gasteiger partial charge in [-0.1, -0.05) is 99.8 Å². The molecule has 0 aliphatic heterocycles. The van der Waals surface area contributed by atoms with Crippen molar-refractivity contribution in [3.63, 3.8) is 0 Å². The van der Waals surface area contributed by atoms with Gasteiger partial charge in [0.15, 0.2) is 0 Å². The third-order valence-corrected chi connectivity index (χ3v) is 4.01. The molecular weight excluding hydrogens is 436 g/mol. The Bertz CT molecular complexity index is 682. The minimum Gasteiger partial charge on any atom is -0.429 e. The summed E-state index contributed by atoms with van der Waals surface area (Å²) >= 11 is 0. The Kier molecular flexibility index (Phi) is 26.2. The molecular formula is C31H54O4. The normalized spacial score (nSPS) is 12.1. The molecule has 0 spiro atoms. The standard InChI is InChI=1S/C15H24O2.C8H10O2.2C4H10/c1-8-10-12(11-9-2)17-13(16)15(6,7)14(3,4)5;1-3-5-8(6-4-2)10-7-9;2*1-4(2)3/h8-11H,1H2,2-7H3;3-7H,1H2,2H3;2*4H,1-3H3/b11-9-,12-10+;6-4-,8-5+;;. The van der Waals surface area contributed by atoms with Gasteiger partial charge in [0, 0.05) is 0 Å². The van der Waals surface area contributed by atoms with Crippen molar-refractivity contribution < 1.29 is 19.1 Å². The first kappa shape index (κ1) is 39.6. The van der Waals surface area contributed by atoms with Gasteiger partial charge < -0.3 is 9.47 Å². The number of allylic oxidation sites excluding steroid dienone is 8. The molecule has 0 N–H and O–H groups in total. The zero-order valence-corrected chi connectivity index (χ0v) is 24.9. The maximum atomic E-state index is 12.1. The van der Waals surface area contributed by atoms with Gasteiger partial charge in [0.1, 0.15) is 11.5 Å². The fourth-order valence-corrected chi connectivity index (χ4v) is 1.41. The van der Waals surface area contributed by atoms with E-state index in [2.05, 4.69) is 59.4 Å². The van der Waals surface area contributed by atoms with Crippen LogP contribution in [0.1, 0.15) is 90.0 Å². The Hall–Kier alpha value is -2.62. The molecule has 0 atom stereocenters. The molecule has 0 saturated carbocycles. The van der Waals surface area contributed by atoms with Gasteiger partial charge in [-0.05, 0) is 69.2 Å². The van der Waals surface area contributed by atoms with Gasteiger partial charge in [-0.25, -0.2) is 0 Å². The van der Waals surface area contributed by atoms with Crippen LogP contribution in [-0.2, 0) is 19.1 Å². The van der Waals surface area contributed by atoms with Crippen LogP contribution in [0.15, 0.2) is 73.3 Å². The molecule has 0 aromatic carbocycles. The highest BCUT2D eigenvalue weighted by atomic mass is 16.5. The molecule has 0 saturated heterocycles. The lowest BCUT2D eigenvalue weighted by Crippen LogP contribution is -2.38. The summed E-state index contributed by atoms with van der Waals surface area (Å²) in [5.41, 5.74) is -0.700. The minimum atomic E-state index is -0.547. The molecule has 0 aliphatic rings. The highest BCUT2D eigenvalue weighted by Crippen LogP contribution is 2.39. The van der Waals surface area contributed by atoms with Gasteiger partial charge in [0.2, 0.25) is 0 Å². The van der Waals surface area contributed by atoms with Crippen LogP contribution in [0.25, 0.3) is 0 Å². The van der Waals surface area contributed by atoms with Gasteiger partial charge >= 0.3 is 5.97 Å². The van der Waals surface area contributed by atoms with Crippen molar-refractivity contribution >= 4 is 12.4 Å². The number of esters is 1. The average molecular weight is 491 g/mol. The molecule has 0 heterocycles. The molecule has 0 aromatic heterocycles. The summed E-state index contributed by atoms with van der Waals surface area (Å²) in [5.74, 6) is 2.45. The van der Waals surface area contributed by atoms with Crippen molar-refractivity contribution in [2.45, 2.75) is 90.0 Å². The summed E-state index contributed by atoms with van der Waals surface area (Å²) in [6.45, 7) is 34.0. The quantitative estimate of drug-likeness (QED) is 0.147. The number of ether oxygens (including phenoxy) is 2. The van der Waals surface area contributed by atoms with Crippen molar-refractivity contribution in [3.8, 4) is 0 Å². The lowest BCUT2D eigenvalue weighted by Gasteiger charge is -2.36. The SMILES string of the molecule is C=C/C=C(\C=C/C)OC(=O)C(C)(C)C(C)(C)C.C=C/C=C(\C=C/C)OC=O.CC(C)C.CC(C)C. The minimum absolute atomic E-state index is 0.153. The van der Waals surface area contributed by atoms with Crippen LogP contribution in [0.4, 0.5) is 0 Å². The molecule has 4 heteroatoms. The number of rotatable bonds is 8. The van der Waals surface area contributed by atoms with E-state index < -0.39 is 5.41 Å². The zero-order valence-electron chi connectivity index (χ0n) is 24.9. The van der Waals surface area contributed by atoms with Gasteiger partial charge in [-0.2, -0.15) is 0 Å². The second kappa shape index (κ2) is 23.1. The fourth-order valence-electron chi connectivity index (χ4n) is 1.41. The molecule has 0 bridgehead atoms. The first-order valence-corrected chi connectivity index (χ1v) is 12.2. The predicted molar refractivity (Wildman–Crippen MR) is 154 cm³/mol. The summed E-state index contributed by atoms with van der Waals surface area (Å²) in [6.07, 6.45) is 13.5. The summed E-state index contributed by atoms with van der Waals surface area (Å²) < 4.78 is 9.93. The monoisotopic (exact) mass is 490 g/mol.